The van der Waals surface area contributed by atoms with Gasteiger partial charge in [-0.15, -0.1) is 0 Å². The highest BCUT2D eigenvalue weighted by atomic mass is 79.9. The molecule has 9 heteroatoms. The molecule has 0 aliphatic heterocycles. The summed E-state index contributed by atoms with van der Waals surface area (Å²) in [5, 5.41) is 0. The summed E-state index contributed by atoms with van der Waals surface area (Å²) < 4.78 is 6.70. The average Bonchev–Trinajstić information content (AvgIpc) is 2.65. The van der Waals surface area contributed by atoms with E-state index < -0.39 is 11.2 Å². The molecule has 0 radical (unpaired) electrons. The molecule has 0 saturated heterocycles. The number of nitrogens with one attached hydrogen (secondary N) is 1. The third kappa shape index (κ3) is 4.23. The molecule has 0 aromatic carbocycles. The minimum atomic E-state index is -0.623. The van der Waals surface area contributed by atoms with Crippen LogP contribution in [0.1, 0.15) is 58.3 Å². The fourth-order valence-electron chi connectivity index (χ4n) is 6.79. The number of anilines is 2. The number of aromatic nitrogens is 2. The predicted octanol–water partition coefficient (Wildman–Crippen LogP) is 2.63. The Kier molecular flexibility index (Phi) is 6.11. The maximum absolute atomic E-state index is 13.7. The van der Waals surface area contributed by atoms with Crippen molar-refractivity contribution in [3.8, 4) is 0 Å². The molecular weight excluding hydrogens is 464 g/mol. The predicted molar refractivity (Wildman–Crippen MR) is 124 cm³/mol. The van der Waals surface area contributed by atoms with Crippen LogP contribution in [-0.2, 0) is 16.1 Å². The van der Waals surface area contributed by atoms with Crippen molar-refractivity contribution in [1.29, 1.82) is 0 Å². The van der Waals surface area contributed by atoms with Gasteiger partial charge in [0.2, 0.25) is 5.91 Å². The molecule has 4 saturated carbocycles. The molecule has 4 aliphatic carbocycles. The van der Waals surface area contributed by atoms with Crippen LogP contribution in [0.25, 0.3) is 0 Å². The third-order valence-electron chi connectivity index (χ3n) is 7.39. The maximum atomic E-state index is 13.7. The van der Waals surface area contributed by atoms with E-state index in [0.717, 1.165) is 19.3 Å². The van der Waals surface area contributed by atoms with Crippen LogP contribution in [0.4, 0.5) is 11.5 Å². The van der Waals surface area contributed by atoms with E-state index >= 15 is 0 Å². The molecule has 1 aromatic rings. The molecule has 3 N–H and O–H groups in total. The first-order valence-corrected chi connectivity index (χ1v) is 12.1. The second kappa shape index (κ2) is 8.39. The topological polar surface area (TPSA) is 110 Å². The van der Waals surface area contributed by atoms with Crippen molar-refractivity contribution < 1.29 is 9.53 Å². The molecule has 4 aliphatic rings. The number of halogens is 1. The van der Waals surface area contributed by atoms with Gasteiger partial charge in [-0.1, -0.05) is 22.9 Å². The summed E-state index contributed by atoms with van der Waals surface area (Å²) in [5.41, 5.74) is 5.13. The summed E-state index contributed by atoms with van der Waals surface area (Å²) in [7, 11) is 1.56. The Labute approximate surface area is 190 Å². The molecule has 4 fully saturated rings. The number of rotatable bonds is 8. The van der Waals surface area contributed by atoms with Crippen LogP contribution in [0, 0.1) is 17.3 Å². The van der Waals surface area contributed by atoms with E-state index in [9.17, 15) is 14.4 Å². The number of nitrogen functional groups attached to an aromatic ring is 1. The highest BCUT2D eigenvalue weighted by Gasteiger charge is 2.57. The Morgan fingerprint density at radius 1 is 1.29 bits per heavy atom. The summed E-state index contributed by atoms with van der Waals surface area (Å²) in [5.74, 6) is 1.26. The number of nitrogens with two attached hydrogens (primary N) is 1. The molecule has 4 bridgehead atoms. The van der Waals surface area contributed by atoms with Crippen molar-refractivity contribution in [3.05, 3.63) is 20.8 Å². The molecule has 31 heavy (non-hydrogen) atoms. The van der Waals surface area contributed by atoms with Crippen molar-refractivity contribution in [2.75, 3.05) is 30.9 Å². The molecular formula is C22H33BrN4O4. The summed E-state index contributed by atoms with van der Waals surface area (Å²) in [4.78, 5) is 42.4. The van der Waals surface area contributed by atoms with Crippen molar-refractivity contribution in [3.63, 3.8) is 0 Å². The van der Waals surface area contributed by atoms with Crippen LogP contribution in [0.2, 0.25) is 0 Å². The fraction of sp³-hybridized carbons (Fsp3) is 0.773. The summed E-state index contributed by atoms with van der Waals surface area (Å²) in [6.45, 7) is 2.79. The van der Waals surface area contributed by atoms with Crippen molar-refractivity contribution in [2.45, 2.75) is 69.2 Å². The summed E-state index contributed by atoms with van der Waals surface area (Å²) >= 11 is 4.01. The van der Waals surface area contributed by atoms with Gasteiger partial charge in [-0.2, -0.15) is 0 Å². The lowest BCUT2D eigenvalue weighted by Gasteiger charge is -2.60. The van der Waals surface area contributed by atoms with Gasteiger partial charge in [0.1, 0.15) is 5.82 Å². The fourth-order valence-corrected chi connectivity index (χ4v) is 8.30. The number of amides is 1. The van der Waals surface area contributed by atoms with Crippen LogP contribution >= 0.6 is 15.9 Å². The second-order valence-electron chi connectivity index (χ2n) is 9.97. The molecule has 1 heterocycles. The van der Waals surface area contributed by atoms with Gasteiger partial charge in [0.25, 0.3) is 5.56 Å². The smallest absolute Gasteiger partial charge is 0.330 e. The number of alkyl halides is 1. The maximum Gasteiger partial charge on any atom is 0.330 e. The van der Waals surface area contributed by atoms with Crippen molar-refractivity contribution in [1.82, 2.24) is 9.55 Å². The van der Waals surface area contributed by atoms with E-state index in [2.05, 4.69) is 20.9 Å². The van der Waals surface area contributed by atoms with Crippen LogP contribution in [0.15, 0.2) is 9.59 Å². The SMILES string of the molecule is CCCn1c(N)c(N(CCOC)C(=O)CC23CC4CC(CC(Br)(C4)C2)C3)c(=O)[nH]c1=O. The monoisotopic (exact) mass is 496 g/mol. The number of H-pyrrole nitrogens is 1. The van der Waals surface area contributed by atoms with Gasteiger partial charge in [0.15, 0.2) is 5.69 Å². The Balaban J connectivity index is 1.66. The first kappa shape index (κ1) is 22.6. The summed E-state index contributed by atoms with van der Waals surface area (Å²) in [6.07, 6.45) is 7.87. The lowest BCUT2D eigenvalue weighted by atomic mass is 9.48. The molecule has 8 nitrogen and oxygen atoms in total. The van der Waals surface area contributed by atoms with Gasteiger partial charge in [-0.3, -0.25) is 19.1 Å². The number of aromatic amines is 1. The quantitative estimate of drug-likeness (QED) is 0.537. The third-order valence-corrected chi connectivity index (χ3v) is 8.32. The normalized spacial score (nSPS) is 31.2. The number of hydrogen-bond acceptors (Lipinski definition) is 5. The Morgan fingerprint density at radius 2 is 1.97 bits per heavy atom. The second-order valence-corrected chi connectivity index (χ2v) is 11.7. The lowest BCUT2D eigenvalue weighted by molar-refractivity contribution is -0.125. The summed E-state index contributed by atoms with van der Waals surface area (Å²) in [6, 6.07) is 0. The molecule has 1 aromatic heterocycles. The zero-order valence-electron chi connectivity index (χ0n) is 18.4. The Morgan fingerprint density at radius 3 is 2.55 bits per heavy atom. The number of nitrogens with zero attached hydrogens (tertiary/aromatic N) is 2. The minimum absolute atomic E-state index is 0.0324. The zero-order valence-corrected chi connectivity index (χ0v) is 20.0. The molecule has 1 amide bonds. The zero-order chi connectivity index (χ0) is 22.4. The van der Waals surface area contributed by atoms with Gasteiger partial charge in [-0.05, 0) is 62.2 Å². The highest BCUT2D eigenvalue weighted by molar-refractivity contribution is 9.10. The number of carbonyl (C=O) groups is 1. The van der Waals surface area contributed by atoms with Crippen LogP contribution in [-0.4, -0.2) is 40.0 Å². The van der Waals surface area contributed by atoms with Crippen molar-refractivity contribution in [2.24, 2.45) is 17.3 Å². The van der Waals surface area contributed by atoms with Crippen LogP contribution < -0.4 is 21.9 Å². The number of carbonyl (C=O) groups excluding carboxylic acids is 1. The van der Waals surface area contributed by atoms with E-state index in [0.29, 0.717) is 31.2 Å². The van der Waals surface area contributed by atoms with E-state index in [1.165, 1.54) is 28.7 Å². The van der Waals surface area contributed by atoms with E-state index in [-0.39, 0.29) is 40.3 Å². The molecule has 2 atom stereocenters. The lowest BCUT2D eigenvalue weighted by Crippen LogP contribution is -2.54. The van der Waals surface area contributed by atoms with E-state index in [4.69, 9.17) is 10.5 Å². The molecule has 172 valence electrons. The minimum Gasteiger partial charge on any atom is -0.383 e. The van der Waals surface area contributed by atoms with Gasteiger partial charge < -0.3 is 15.4 Å². The van der Waals surface area contributed by atoms with E-state index in [1.807, 2.05) is 6.92 Å². The number of hydrogen-bond donors (Lipinski definition) is 2. The van der Waals surface area contributed by atoms with Gasteiger partial charge in [-0.25, -0.2) is 4.79 Å². The first-order valence-electron chi connectivity index (χ1n) is 11.3. The van der Waals surface area contributed by atoms with Gasteiger partial charge >= 0.3 is 5.69 Å². The largest absolute Gasteiger partial charge is 0.383 e. The standard InChI is InChI=1S/C22H33BrN4O4/c1-3-4-27-18(24)17(19(29)25-20(27)30)26(5-6-31-2)16(28)12-21-8-14-7-15(9-21)11-22(23,10-14)13-21/h14-15H,3-13,24H2,1-2H3,(H,25,29,30). The molecule has 2 unspecified atom stereocenters. The van der Waals surface area contributed by atoms with Gasteiger partial charge in [0, 0.05) is 30.9 Å². The van der Waals surface area contributed by atoms with Crippen LogP contribution in [0.3, 0.4) is 0 Å². The number of ether oxygens (including phenoxy) is 1. The first-order chi connectivity index (χ1) is 14.7. The molecule has 0 spiro atoms. The average molecular weight is 497 g/mol. The Bertz CT molecular complexity index is 957. The van der Waals surface area contributed by atoms with Gasteiger partial charge in [0.05, 0.1) is 6.61 Å². The van der Waals surface area contributed by atoms with E-state index in [1.54, 1.807) is 7.11 Å². The highest BCUT2D eigenvalue weighted by Crippen LogP contribution is 2.65. The molecule has 5 rings (SSSR count). The van der Waals surface area contributed by atoms with Crippen molar-refractivity contribution >= 4 is 33.3 Å². The number of methoxy groups -OCH3 is 1. The van der Waals surface area contributed by atoms with Crippen LogP contribution in [0.5, 0.6) is 0 Å². The Hall–Kier alpha value is -1.61.